The molecule has 2 aromatic rings. The van der Waals surface area contributed by atoms with Gasteiger partial charge in [0.15, 0.2) is 0 Å². The Hall–Kier alpha value is -2.44. The van der Waals surface area contributed by atoms with E-state index >= 15 is 0 Å². The number of nitrogens with two attached hydrogens (primary N) is 1. The number of nitrogens with one attached hydrogen (secondary N) is 2. The Morgan fingerprint density at radius 1 is 1.13 bits per heavy atom. The van der Waals surface area contributed by atoms with Crippen LogP contribution < -0.4 is 16.4 Å². The maximum absolute atomic E-state index is 12.2. The number of fused-ring (bicyclic) bond motifs is 1. The van der Waals surface area contributed by atoms with Crippen molar-refractivity contribution in [2.45, 2.75) is 18.9 Å². The topological polar surface area (TPSA) is 104 Å². The van der Waals surface area contributed by atoms with Crippen molar-refractivity contribution in [2.75, 3.05) is 18.4 Å². The highest BCUT2D eigenvalue weighted by Gasteiger charge is 2.20. The van der Waals surface area contributed by atoms with E-state index in [9.17, 15) is 14.7 Å². The number of carboxylic acid groups (broad SMARTS) is 1. The molecule has 2 aromatic carbocycles. The van der Waals surface area contributed by atoms with E-state index in [0.717, 1.165) is 10.8 Å². The maximum atomic E-state index is 12.2. The number of carboxylic acids is 1. The Balaban J connectivity index is 2.03. The molecule has 0 spiro atoms. The van der Waals surface area contributed by atoms with E-state index in [1.54, 1.807) is 6.07 Å². The number of carbonyl (C=O) groups excluding carboxylic acids is 1. The van der Waals surface area contributed by atoms with Gasteiger partial charge in [-0.2, -0.15) is 0 Å². The van der Waals surface area contributed by atoms with Crippen molar-refractivity contribution in [1.29, 1.82) is 0 Å². The van der Waals surface area contributed by atoms with Crippen molar-refractivity contribution >= 4 is 28.3 Å². The van der Waals surface area contributed by atoms with Gasteiger partial charge in [0.05, 0.1) is 6.42 Å². The van der Waals surface area contributed by atoms with Crippen molar-refractivity contribution in [3.63, 3.8) is 0 Å². The minimum absolute atomic E-state index is 0.136. The summed E-state index contributed by atoms with van der Waals surface area (Å²) in [5.41, 5.74) is 6.06. The third kappa shape index (κ3) is 4.77. The first kappa shape index (κ1) is 16.9. The number of aliphatic carboxylic acids is 1. The van der Waals surface area contributed by atoms with Crippen LogP contribution in [-0.2, 0) is 9.59 Å². The molecule has 0 bridgehead atoms. The number of benzene rings is 2. The second kappa shape index (κ2) is 8.26. The van der Waals surface area contributed by atoms with Gasteiger partial charge in [-0.15, -0.1) is 0 Å². The molecular weight excluding hydrogens is 294 g/mol. The van der Waals surface area contributed by atoms with Crippen LogP contribution in [0.5, 0.6) is 0 Å². The zero-order valence-corrected chi connectivity index (χ0v) is 12.8. The Kier molecular flexibility index (Phi) is 6.08. The molecule has 5 N–H and O–H groups in total. The molecule has 6 nitrogen and oxygen atoms in total. The van der Waals surface area contributed by atoms with Gasteiger partial charge in [-0.3, -0.25) is 9.59 Å². The van der Waals surface area contributed by atoms with Gasteiger partial charge < -0.3 is 21.5 Å². The highest BCUT2D eigenvalue weighted by atomic mass is 16.4. The van der Waals surface area contributed by atoms with E-state index < -0.39 is 12.0 Å². The minimum Gasteiger partial charge on any atom is -0.480 e. The van der Waals surface area contributed by atoms with Gasteiger partial charge in [-0.1, -0.05) is 36.4 Å². The summed E-state index contributed by atoms with van der Waals surface area (Å²) in [6.07, 6.45) is 0.526. The van der Waals surface area contributed by atoms with Crippen LogP contribution in [0.3, 0.4) is 0 Å². The zero-order chi connectivity index (χ0) is 16.7. The van der Waals surface area contributed by atoms with Gasteiger partial charge in [-0.25, -0.2) is 0 Å². The third-order valence-corrected chi connectivity index (χ3v) is 3.52. The van der Waals surface area contributed by atoms with Crippen LogP contribution in [0.1, 0.15) is 12.8 Å². The Bertz CT molecular complexity index is 682. The highest BCUT2D eigenvalue weighted by Crippen LogP contribution is 2.23. The minimum atomic E-state index is -1.05. The van der Waals surface area contributed by atoms with E-state index in [0.29, 0.717) is 25.2 Å². The van der Waals surface area contributed by atoms with Gasteiger partial charge in [0.25, 0.3) is 0 Å². The van der Waals surface area contributed by atoms with Gasteiger partial charge in [0.1, 0.15) is 6.04 Å². The molecule has 0 unspecified atom stereocenters. The molecule has 0 aromatic heterocycles. The molecule has 1 amide bonds. The smallest absolute Gasteiger partial charge is 0.321 e. The molecule has 6 heteroatoms. The molecule has 0 heterocycles. The van der Waals surface area contributed by atoms with Crippen molar-refractivity contribution in [1.82, 2.24) is 5.32 Å². The number of anilines is 1. The molecule has 0 aliphatic heterocycles. The maximum Gasteiger partial charge on any atom is 0.321 e. The molecule has 0 saturated heterocycles. The van der Waals surface area contributed by atoms with E-state index in [4.69, 9.17) is 5.73 Å². The molecule has 122 valence electrons. The average molecular weight is 315 g/mol. The number of hydrogen-bond donors (Lipinski definition) is 4. The average Bonchev–Trinajstić information content (AvgIpc) is 2.54. The van der Waals surface area contributed by atoms with Crippen LogP contribution in [0.15, 0.2) is 42.5 Å². The number of rotatable bonds is 8. The van der Waals surface area contributed by atoms with Crippen LogP contribution in [0.2, 0.25) is 0 Å². The summed E-state index contributed by atoms with van der Waals surface area (Å²) >= 11 is 0. The van der Waals surface area contributed by atoms with Crippen molar-refractivity contribution in [3.8, 4) is 0 Å². The summed E-state index contributed by atoms with van der Waals surface area (Å²) in [7, 11) is 0. The molecule has 0 saturated carbocycles. The molecule has 2 rings (SSSR count). The summed E-state index contributed by atoms with van der Waals surface area (Å²) < 4.78 is 0. The fourth-order valence-corrected chi connectivity index (χ4v) is 2.35. The van der Waals surface area contributed by atoms with Crippen LogP contribution in [0.4, 0.5) is 5.69 Å². The van der Waals surface area contributed by atoms with Gasteiger partial charge in [0, 0.05) is 11.1 Å². The monoisotopic (exact) mass is 315 g/mol. The van der Waals surface area contributed by atoms with E-state index in [-0.39, 0.29) is 12.3 Å². The van der Waals surface area contributed by atoms with Crippen LogP contribution in [0.25, 0.3) is 10.8 Å². The lowest BCUT2D eigenvalue weighted by atomic mass is 10.1. The predicted octanol–water partition coefficient (Wildman–Crippen LogP) is 1.56. The largest absolute Gasteiger partial charge is 0.480 e. The summed E-state index contributed by atoms with van der Waals surface area (Å²) in [6.45, 7) is 0.941. The number of amides is 1. The third-order valence-electron chi connectivity index (χ3n) is 3.52. The number of hydrogen-bond acceptors (Lipinski definition) is 4. The summed E-state index contributed by atoms with van der Waals surface area (Å²) in [6, 6.07) is 12.4. The Labute approximate surface area is 134 Å². The van der Waals surface area contributed by atoms with Gasteiger partial charge in [0.2, 0.25) is 5.91 Å². The summed E-state index contributed by atoms with van der Waals surface area (Å²) in [4.78, 5) is 23.4. The molecule has 0 radical (unpaired) electrons. The van der Waals surface area contributed by atoms with Crippen LogP contribution >= 0.6 is 0 Å². The summed E-state index contributed by atoms with van der Waals surface area (Å²) in [5, 5.41) is 16.8. The molecule has 1 atom stereocenters. The van der Waals surface area contributed by atoms with E-state index in [1.807, 2.05) is 36.4 Å². The SMILES string of the molecule is NCCCN[C@@H](CC(=O)Nc1cccc2ccccc12)C(=O)O. The molecule has 0 aliphatic carbocycles. The molecule has 0 fully saturated rings. The van der Waals surface area contributed by atoms with Crippen LogP contribution in [-0.4, -0.2) is 36.1 Å². The standard InChI is InChI=1S/C17H21N3O3/c18-9-4-10-19-15(17(22)23)11-16(21)20-14-8-3-6-12-5-1-2-7-13(12)14/h1-3,5-8,15,19H,4,9-11,18H2,(H,20,21)(H,22,23)/t15-/m0/s1. The molecule has 0 aliphatic rings. The van der Waals surface area contributed by atoms with Gasteiger partial charge >= 0.3 is 5.97 Å². The fourth-order valence-electron chi connectivity index (χ4n) is 2.35. The normalized spacial score (nSPS) is 12.0. The van der Waals surface area contributed by atoms with Crippen molar-refractivity contribution in [3.05, 3.63) is 42.5 Å². The molecule has 23 heavy (non-hydrogen) atoms. The van der Waals surface area contributed by atoms with E-state index in [2.05, 4.69) is 10.6 Å². The van der Waals surface area contributed by atoms with E-state index in [1.165, 1.54) is 0 Å². The lowest BCUT2D eigenvalue weighted by molar-refractivity contribution is -0.141. The first-order chi connectivity index (χ1) is 11.1. The van der Waals surface area contributed by atoms with Crippen LogP contribution in [0, 0.1) is 0 Å². The fraction of sp³-hybridized carbons (Fsp3) is 0.294. The second-order valence-corrected chi connectivity index (χ2v) is 5.27. The quantitative estimate of drug-likeness (QED) is 0.553. The Morgan fingerprint density at radius 2 is 1.87 bits per heavy atom. The summed E-state index contributed by atoms with van der Waals surface area (Å²) in [5.74, 6) is -1.39. The first-order valence-electron chi connectivity index (χ1n) is 7.55. The lowest BCUT2D eigenvalue weighted by Gasteiger charge is -2.15. The zero-order valence-electron chi connectivity index (χ0n) is 12.8. The Morgan fingerprint density at radius 3 is 2.61 bits per heavy atom. The number of carbonyl (C=O) groups is 2. The first-order valence-corrected chi connectivity index (χ1v) is 7.55. The van der Waals surface area contributed by atoms with Crippen molar-refractivity contribution < 1.29 is 14.7 Å². The predicted molar refractivity (Wildman–Crippen MR) is 90.3 cm³/mol. The van der Waals surface area contributed by atoms with Gasteiger partial charge in [-0.05, 0) is 31.0 Å². The van der Waals surface area contributed by atoms with Crippen molar-refractivity contribution in [2.24, 2.45) is 5.73 Å². The lowest BCUT2D eigenvalue weighted by Crippen LogP contribution is -2.40. The second-order valence-electron chi connectivity index (χ2n) is 5.27. The highest BCUT2D eigenvalue weighted by molar-refractivity contribution is 6.03. The molecular formula is C17H21N3O3.